The van der Waals surface area contributed by atoms with Crippen LogP contribution in [0.25, 0.3) is 0 Å². The van der Waals surface area contributed by atoms with E-state index in [-0.39, 0.29) is 0 Å². The first-order valence-electron chi connectivity index (χ1n) is 14.4. The molecule has 0 saturated carbocycles. The number of nitrogens with zero attached hydrogens (tertiary/aromatic N) is 2. The molecule has 32 heavy (non-hydrogen) atoms. The Morgan fingerprint density at radius 2 is 0.656 bits per heavy atom. The fourth-order valence-corrected chi connectivity index (χ4v) is 48.0. The van der Waals surface area contributed by atoms with Gasteiger partial charge in [0.25, 0.3) is 0 Å². The summed E-state index contributed by atoms with van der Waals surface area (Å²) in [5.41, 5.74) is 0. The predicted octanol–water partition coefficient (Wildman–Crippen LogP) is 8.59. The van der Waals surface area contributed by atoms with Crippen LogP contribution in [-0.2, 0) is 0 Å². The van der Waals surface area contributed by atoms with Gasteiger partial charge in [-0.25, -0.2) is 0 Å². The molecule has 0 aliphatic rings. The van der Waals surface area contributed by atoms with Gasteiger partial charge in [-0.1, -0.05) is 0 Å². The van der Waals surface area contributed by atoms with Crippen molar-refractivity contribution in [3.05, 3.63) is 12.4 Å². The van der Waals surface area contributed by atoms with Gasteiger partial charge in [-0.15, -0.1) is 0 Å². The SMILES string of the molecule is CCC[CH2][Sn]([CH2]CCC)([CH2]CCC)[c]1cnnc[c]1[Sn]([CH2]CCC)([CH2]CCC)[CH2]CCC. The second kappa shape index (κ2) is 18.0. The minimum absolute atomic E-state index is 1.35. The summed E-state index contributed by atoms with van der Waals surface area (Å²) in [4.78, 5) is 0. The Labute approximate surface area is 210 Å². The molecule has 1 aromatic heterocycles. The van der Waals surface area contributed by atoms with Crippen LogP contribution >= 0.6 is 0 Å². The van der Waals surface area contributed by atoms with Crippen molar-refractivity contribution in [2.75, 3.05) is 0 Å². The van der Waals surface area contributed by atoms with Crippen LogP contribution in [0.15, 0.2) is 12.4 Å². The molecule has 1 rings (SSSR count). The van der Waals surface area contributed by atoms with Crippen LogP contribution in [0.4, 0.5) is 0 Å². The normalized spacial score (nSPS) is 12.4. The van der Waals surface area contributed by atoms with E-state index in [2.05, 4.69) is 64.1 Å². The van der Waals surface area contributed by atoms with E-state index in [1.165, 1.54) is 77.0 Å². The van der Waals surface area contributed by atoms with E-state index in [1.807, 2.05) is 7.16 Å². The number of hydrogen-bond acceptors (Lipinski definition) is 2. The maximum absolute atomic E-state index is 4.63. The molecule has 0 amide bonds. The van der Waals surface area contributed by atoms with Crippen LogP contribution in [0.2, 0.25) is 26.6 Å². The third-order valence-electron chi connectivity index (χ3n) is 7.93. The molecule has 1 aromatic rings. The molecule has 0 aliphatic heterocycles. The van der Waals surface area contributed by atoms with Gasteiger partial charge >= 0.3 is 212 Å². The molecule has 0 aromatic carbocycles. The van der Waals surface area contributed by atoms with Crippen molar-refractivity contribution in [2.45, 2.75) is 145 Å². The monoisotopic (exact) mass is 660 g/mol. The van der Waals surface area contributed by atoms with Crippen LogP contribution < -0.4 is 7.16 Å². The summed E-state index contributed by atoms with van der Waals surface area (Å²) in [7, 11) is 0. The molecule has 0 unspecified atom stereocenters. The van der Waals surface area contributed by atoms with Crippen molar-refractivity contribution in [1.29, 1.82) is 0 Å². The summed E-state index contributed by atoms with van der Waals surface area (Å²) in [5, 5.41) is 9.25. The molecule has 0 radical (unpaired) electrons. The van der Waals surface area contributed by atoms with Crippen molar-refractivity contribution >= 4 is 43.9 Å². The Balaban J connectivity index is 3.66. The van der Waals surface area contributed by atoms with Crippen molar-refractivity contribution in [3.63, 3.8) is 0 Å². The number of aromatic nitrogens is 2. The first-order valence-corrected chi connectivity index (χ1v) is 29.4. The predicted molar refractivity (Wildman–Crippen MR) is 151 cm³/mol. The molecular weight excluding hydrogens is 602 g/mol. The van der Waals surface area contributed by atoms with Crippen molar-refractivity contribution in [1.82, 2.24) is 10.2 Å². The third kappa shape index (κ3) is 9.38. The van der Waals surface area contributed by atoms with E-state index in [4.69, 9.17) is 0 Å². The molecular formula is C28H56N2Sn2. The second-order valence-electron chi connectivity index (χ2n) is 10.5. The average molecular weight is 658 g/mol. The molecule has 0 spiro atoms. The van der Waals surface area contributed by atoms with Gasteiger partial charge in [0.05, 0.1) is 0 Å². The van der Waals surface area contributed by atoms with Gasteiger partial charge in [-0.05, 0) is 0 Å². The van der Waals surface area contributed by atoms with Gasteiger partial charge in [0.15, 0.2) is 0 Å². The van der Waals surface area contributed by atoms with Crippen LogP contribution in [0.3, 0.4) is 0 Å². The summed E-state index contributed by atoms with van der Waals surface area (Å²) >= 11 is -5.05. The molecule has 0 bridgehead atoms. The van der Waals surface area contributed by atoms with E-state index in [1.54, 1.807) is 26.6 Å². The molecule has 0 atom stereocenters. The summed E-state index contributed by atoms with van der Waals surface area (Å²) < 4.78 is 13.1. The minimum atomic E-state index is -2.52. The Bertz CT molecular complexity index is 496. The van der Waals surface area contributed by atoms with Gasteiger partial charge in [0.2, 0.25) is 0 Å². The van der Waals surface area contributed by atoms with Crippen LogP contribution in [0, 0.1) is 0 Å². The number of unbranched alkanes of at least 4 members (excludes halogenated alkanes) is 6. The zero-order chi connectivity index (χ0) is 23.7. The maximum atomic E-state index is 4.63. The summed E-state index contributed by atoms with van der Waals surface area (Å²) in [5.74, 6) is 0. The van der Waals surface area contributed by atoms with Crippen LogP contribution in [0.1, 0.15) is 119 Å². The van der Waals surface area contributed by atoms with Crippen LogP contribution in [0.5, 0.6) is 0 Å². The molecule has 0 N–H and O–H groups in total. The third-order valence-corrected chi connectivity index (χ3v) is 41.2. The van der Waals surface area contributed by atoms with Gasteiger partial charge in [0, 0.05) is 0 Å². The summed E-state index contributed by atoms with van der Waals surface area (Å²) in [6.45, 7) is 14.4. The number of rotatable bonds is 20. The van der Waals surface area contributed by atoms with Gasteiger partial charge in [-0.3, -0.25) is 0 Å². The Morgan fingerprint density at radius 3 is 0.844 bits per heavy atom. The molecule has 4 heteroatoms. The summed E-state index contributed by atoms with van der Waals surface area (Å²) in [6.07, 6.45) is 21.4. The molecule has 2 nitrogen and oxygen atoms in total. The van der Waals surface area contributed by atoms with E-state index in [0.29, 0.717) is 0 Å². The first kappa shape index (κ1) is 30.7. The molecule has 0 fully saturated rings. The second-order valence-corrected chi connectivity index (χ2v) is 36.8. The van der Waals surface area contributed by atoms with Crippen molar-refractivity contribution in [3.8, 4) is 0 Å². The van der Waals surface area contributed by atoms with E-state index >= 15 is 0 Å². The molecule has 186 valence electrons. The number of hydrogen-bond donors (Lipinski definition) is 0. The first-order chi connectivity index (χ1) is 15.6. The summed E-state index contributed by atoms with van der Waals surface area (Å²) in [6, 6.07) is 0. The Morgan fingerprint density at radius 1 is 0.438 bits per heavy atom. The van der Waals surface area contributed by atoms with Gasteiger partial charge in [-0.2, -0.15) is 0 Å². The van der Waals surface area contributed by atoms with Gasteiger partial charge in [0.1, 0.15) is 0 Å². The average Bonchev–Trinajstić information content (AvgIpc) is 2.84. The van der Waals surface area contributed by atoms with Crippen molar-refractivity contribution < 1.29 is 0 Å². The van der Waals surface area contributed by atoms with Gasteiger partial charge < -0.3 is 0 Å². The molecule has 0 saturated heterocycles. The topological polar surface area (TPSA) is 25.8 Å². The van der Waals surface area contributed by atoms with Crippen molar-refractivity contribution in [2.24, 2.45) is 0 Å². The van der Waals surface area contributed by atoms with E-state index < -0.39 is 36.8 Å². The van der Waals surface area contributed by atoms with E-state index in [9.17, 15) is 0 Å². The molecule has 0 aliphatic carbocycles. The quantitative estimate of drug-likeness (QED) is 0.131. The zero-order valence-electron chi connectivity index (χ0n) is 22.8. The fraction of sp³-hybridized carbons (Fsp3) is 0.857. The zero-order valence-corrected chi connectivity index (χ0v) is 28.5. The van der Waals surface area contributed by atoms with E-state index in [0.717, 1.165) is 0 Å². The fourth-order valence-electron chi connectivity index (χ4n) is 5.82. The Kier molecular flexibility index (Phi) is 17.3. The Hall–Kier alpha value is 0.677. The van der Waals surface area contributed by atoms with Crippen LogP contribution in [-0.4, -0.2) is 47.0 Å². The standard InChI is InChI=1S/C4H2N2.6C4H9.2Sn/c1-2-4-6-5-3-1;6*1-3-4-2;;/h3-4H;6*1,3-4H2,2H3;;. The molecule has 1 heterocycles.